The van der Waals surface area contributed by atoms with Crippen LogP contribution in [-0.2, 0) is 0 Å². The second-order valence-electron chi connectivity index (χ2n) is 4.45. The normalized spacial score (nSPS) is 12.8. The summed E-state index contributed by atoms with van der Waals surface area (Å²) < 4.78 is 20.3. The van der Waals surface area contributed by atoms with Gasteiger partial charge in [-0.2, -0.15) is 0 Å². The molecule has 1 unspecified atom stereocenters. The Bertz CT molecular complexity index is 787. The lowest BCUT2D eigenvalue weighted by Crippen LogP contribution is -2.12. The molecule has 0 aliphatic rings. The molecule has 3 aromatic rings. The Kier molecular flexibility index (Phi) is 3.54. The van der Waals surface area contributed by atoms with Crippen LogP contribution in [0.15, 0.2) is 51.4 Å². The number of hydrogen-bond acceptors (Lipinski definition) is 2. The molecule has 0 saturated heterocycles. The van der Waals surface area contributed by atoms with Crippen LogP contribution in [0, 0.1) is 5.82 Å². The van der Waals surface area contributed by atoms with Crippen LogP contribution < -0.4 is 5.73 Å². The van der Waals surface area contributed by atoms with E-state index in [1.54, 1.807) is 24.3 Å². The molecule has 0 amide bonds. The van der Waals surface area contributed by atoms with E-state index in [0.29, 0.717) is 26.4 Å². The maximum Gasteiger partial charge on any atom is 0.152 e. The molecule has 0 saturated carbocycles. The van der Waals surface area contributed by atoms with Crippen molar-refractivity contribution in [3.63, 3.8) is 0 Å². The van der Waals surface area contributed by atoms with Crippen molar-refractivity contribution in [2.24, 2.45) is 5.73 Å². The number of para-hydroxylation sites is 1. The van der Waals surface area contributed by atoms with Gasteiger partial charge >= 0.3 is 0 Å². The van der Waals surface area contributed by atoms with Crippen LogP contribution in [0.25, 0.3) is 11.0 Å². The number of hydrogen-bond donors (Lipinski definition) is 1. The Balaban J connectivity index is 2.08. The third kappa shape index (κ3) is 2.35. The minimum absolute atomic E-state index is 0.376. The molecule has 0 aliphatic carbocycles. The Morgan fingerprint density at radius 1 is 1.20 bits per heavy atom. The maximum absolute atomic E-state index is 13.9. The number of fused-ring (bicyclic) bond motifs is 1. The van der Waals surface area contributed by atoms with Crippen LogP contribution in [0.5, 0.6) is 0 Å². The van der Waals surface area contributed by atoms with Crippen molar-refractivity contribution in [2.45, 2.75) is 6.04 Å². The van der Waals surface area contributed by atoms with Crippen LogP contribution in [0.1, 0.15) is 17.4 Å². The largest absolute Gasteiger partial charge is 0.457 e. The van der Waals surface area contributed by atoms with Crippen molar-refractivity contribution < 1.29 is 8.81 Å². The second-order valence-corrected chi connectivity index (χ2v) is 5.77. The molecule has 2 N–H and O–H groups in total. The summed E-state index contributed by atoms with van der Waals surface area (Å²) in [6.07, 6.45) is 0. The smallest absolute Gasteiger partial charge is 0.152 e. The molecule has 1 atom stereocenters. The van der Waals surface area contributed by atoms with Gasteiger partial charge in [0.15, 0.2) is 5.58 Å². The molecule has 5 heteroatoms. The fraction of sp³-hybridized carbons (Fsp3) is 0.0667. The van der Waals surface area contributed by atoms with Gasteiger partial charge in [-0.3, -0.25) is 0 Å². The SMILES string of the molecule is NC(c1cc2cccc(Cl)c2o1)c1ccc(Br)cc1F. The summed E-state index contributed by atoms with van der Waals surface area (Å²) in [6, 6.07) is 11.3. The zero-order valence-electron chi connectivity index (χ0n) is 10.2. The summed E-state index contributed by atoms with van der Waals surface area (Å²) in [7, 11) is 0. The van der Waals surface area contributed by atoms with Crippen LogP contribution in [-0.4, -0.2) is 0 Å². The van der Waals surface area contributed by atoms with Crippen LogP contribution >= 0.6 is 27.5 Å². The van der Waals surface area contributed by atoms with Crippen molar-refractivity contribution >= 4 is 38.5 Å². The van der Waals surface area contributed by atoms with Crippen molar-refractivity contribution in [2.75, 3.05) is 0 Å². The predicted octanol–water partition coefficient (Wildman–Crippen LogP) is 5.04. The number of nitrogens with two attached hydrogens (primary N) is 1. The number of halogens is 3. The third-order valence-electron chi connectivity index (χ3n) is 3.12. The molecular weight excluding hydrogens is 345 g/mol. The Morgan fingerprint density at radius 3 is 2.70 bits per heavy atom. The first-order valence-electron chi connectivity index (χ1n) is 5.95. The summed E-state index contributed by atoms with van der Waals surface area (Å²) in [5, 5.41) is 1.36. The predicted molar refractivity (Wildman–Crippen MR) is 81.4 cm³/mol. The fourth-order valence-corrected chi connectivity index (χ4v) is 2.66. The highest BCUT2D eigenvalue weighted by Crippen LogP contribution is 2.32. The maximum atomic E-state index is 13.9. The van der Waals surface area contributed by atoms with E-state index in [9.17, 15) is 4.39 Å². The van der Waals surface area contributed by atoms with E-state index in [1.165, 1.54) is 6.07 Å². The molecule has 20 heavy (non-hydrogen) atoms. The fourth-order valence-electron chi connectivity index (χ4n) is 2.11. The van der Waals surface area contributed by atoms with Gasteiger partial charge in [-0.05, 0) is 24.3 Å². The Hall–Kier alpha value is -1.36. The summed E-state index contributed by atoms with van der Waals surface area (Å²) >= 11 is 9.28. The third-order valence-corrected chi connectivity index (χ3v) is 3.91. The standard InChI is InChI=1S/C15H10BrClFNO/c16-9-4-5-10(12(18)7-9)14(19)13-6-8-2-1-3-11(17)15(8)20-13/h1-7,14H,19H2. The lowest BCUT2D eigenvalue weighted by molar-refractivity contribution is 0.510. The minimum Gasteiger partial charge on any atom is -0.457 e. The number of rotatable bonds is 2. The Labute approximate surface area is 128 Å². The zero-order chi connectivity index (χ0) is 14.3. The molecule has 0 bridgehead atoms. The monoisotopic (exact) mass is 353 g/mol. The average molecular weight is 355 g/mol. The summed E-state index contributed by atoms with van der Waals surface area (Å²) in [6.45, 7) is 0. The van der Waals surface area contributed by atoms with Crippen molar-refractivity contribution in [1.29, 1.82) is 0 Å². The van der Waals surface area contributed by atoms with Crippen molar-refractivity contribution in [3.8, 4) is 0 Å². The van der Waals surface area contributed by atoms with Crippen LogP contribution in [0.3, 0.4) is 0 Å². The lowest BCUT2D eigenvalue weighted by Gasteiger charge is -2.10. The van der Waals surface area contributed by atoms with Crippen LogP contribution in [0.4, 0.5) is 4.39 Å². The second kappa shape index (κ2) is 5.20. The van der Waals surface area contributed by atoms with Gasteiger partial charge in [0.1, 0.15) is 11.6 Å². The van der Waals surface area contributed by atoms with Gasteiger partial charge in [0.05, 0.1) is 11.1 Å². The first-order valence-corrected chi connectivity index (χ1v) is 7.12. The molecule has 1 heterocycles. The molecule has 0 aliphatic heterocycles. The highest BCUT2D eigenvalue weighted by Gasteiger charge is 2.18. The van der Waals surface area contributed by atoms with Crippen molar-refractivity contribution in [3.05, 3.63) is 69.1 Å². The molecule has 0 fully saturated rings. The van der Waals surface area contributed by atoms with Gasteiger partial charge in [-0.15, -0.1) is 0 Å². The molecule has 0 spiro atoms. The molecule has 2 nitrogen and oxygen atoms in total. The van der Waals surface area contributed by atoms with E-state index in [2.05, 4.69) is 15.9 Å². The van der Waals surface area contributed by atoms with Gasteiger partial charge in [0.25, 0.3) is 0 Å². The van der Waals surface area contributed by atoms with E-state index < -0.39 is 6.04 Å². The van der Waals surface area contributed by atoms with E-state index in [-0.39, 0.29) is 5.82 Å². The van der Waals surface area contributed by atoms with Gasteiger partial charge in [0.2, 0.25) is 0 Å². The van der Waals surface area contributed by atoms with Gasteiger partial charge in [0, 0.05) is 15.4 Å². The molecule has 0 radical (unpaired) electrons. The molecular formula is C15H10BrClFNO. The highest BCUT2D eigenvalue weighted by atomic mass is 79.9. The van der Waals surface area contributed by atoms with E-state index in [0.717, 1.165) is 5.39 Å². The summed E-state index contributed by atoms with van der Waals surface area (Å²) in [5.74, 6) is 0.104. The van der Waals surface area contributed by atoms with Gasteiger partial charge < -0.3 is 10.2 Å². The highest BCUT2D eigenvalue weighted by molar-refractivity contribution is 9.10. The van der Waals surface area contributed by atoms with Crippen LogP contribution in [0.2, 0.25) is 5.02 Å². The average Bonchev–Trinajstić information content (AvgIpc) is 2.83. The van der Waals surface area contributed by atoms with Crippen molar-refractivity contribution in [1.82, 2.24) is 0 Å². The number of benzene rings is 2. The van der Waals surface area contributed by atoms with E-state index in [4.69, 9.17) is 21.8 Å². The summed E-state index contributed by atoms with van der Waals surface area (Å²) in [4.78, 5) is 0. The first kappa shape index (κ1) is 13.6. The molecule has 2 aromatic carbocycles. The quantitative estimate of drug-likeness (QED) is 0.700. The zero-order valence-corrected chi connectivity index (χ0v) is 12.6. The lowest BCUT2D eigenvalue weighted by atomic mass is 10.0. The first-order chi connectivity index (χ1) is 9.56. The van der Waals surface area contributed by atoms with E-state index in [1.807, 2.05) is 12.1 Å². The molecule has 1 aromatic heterocycles. The molecule has 3 rings (SSSR count). The number of furan rings is 1. The molecule has 102 valence electrons. The minimum atomic E-state index is -0.674. The Morgan fingerprint density at radius 2 is 2.00 bits per heavy atom. The van der Waals surface area contributed by atoms with Gasteiger partial charge in [-0.25, -0.2) is 4.39 Å². The van der Waals surface area contributed by atoms with E-state index >= 15 is 0 Å². The van der Waals surface area contributed by atoms with Gasteiger partial charge in [-0.1, -0.05) is 45.7 Å². The topological polar surface area (TPSA) is 39.2 Å². The summed E-state index contributed by atoms with van der Waals surface area (Å²) in [5.41, 5.74) is 7.03.